The molecule has 1 aliphatic carbocycles. The van der Waals surface area contributed by atoms with Gasteiger partial charge in [-0.15, -0.1) is 0 Å². The minimum absolute atomic E-state index is 0.636. The van der Waals surface area contributed by atoms with E-state index in [2.05, 4.69) is 10.2 Å². The number of methoxy groups -OCH3 is 1. The molecule has 0 saturated heterocycles. The van der Waals surface area contributed by atoms with Crippen LogP contribution in [-0.2, 0) is 9.47 Å². The van der Waals surface area contributed by atoms with Gasteiger partial charge in [0.05, 0.1) is 6.61 Å². The molecule has 1 saturated carbocycles. The van der Waals surface area contributed by atoms with Crippen molar-refractivity contribution in [3.05, 3.63) is 0 Å². The zero-order valence-corrected chi connectivity index (χ0v) is 11.7. The van der Waals surface area contributed by atoms with Crippen molar-refractivity contribution < 1.29 is 9.47 Å². The average Bonchev–Trinajstić information content (AvgIpc) is 3.14. The number of nitrogens with zero attached hydrogens (tertiary/aromatic N) is 1. The zero-order chi connectivity index (χ0) is 12.5. The summed E-state index contributed by atoms with van der Waals surface area (Å²) in [6.07, 6.45) is 3.51. The molecule has 0 radical (unpaired) electrons. The first-order valence-corrected chi connectivity index (χ1v) is 6.81. The molecule has 0 aliphatic heterocycles. The highest BCUT2D eigenvalue weighted by atomic mass is 32.1. The first kappa shape index (κ1) is 14.7. The number of hydrogen-bond acceptors (Lipinski definition) is 3. The lowest BCUT2D eigenvalue weighted by Gasteiger charge is -2.25. The van der Waals surface area contributed by atoms with E-state index in [1.165, 1.54) is 12.8 Å². The van der Waals surface area contributed by atoms with Crippen LogP contribution in [0.5, 0.6) is 0 Å². The molecule has 0 aromatic rings. The predicted molar refractivity (Wildman–Crippen MR) is 73.3 cm³/mol. The second-order valence-electron chi connectivity index (χ2n) is 4.20. The topological polar surface area (TPSA) is 33.7 Å². The summed E-state index contributed by atoms with van der Waals surface area (Å²) in [6, 6.07) is 0.636. The summed E-state index contributed by atoms with van der Waals surface area (Å²) in [5, 5.41) is 4.16. The summed E-state index contributed by atoms with van der Waals surface area (Å²) in [4.78, 5) is 2.25. The molecule has 1 rings (SSSR count). The Bertz CT molecular complexity index is 223. The molecule has 0 heterocycles. The Morgan fingerprint density at radius 3 is 2.76 bits per heavy atom. The first-order valence-electron chi connectivity index (χ1n) is 6.40. The van der Waals surface area contributed by atoms with E-state index in [-0.39, 0.29) is 0 Å². The molecule has 1 fully saturated rings. The SMILES string of the molecule is CCOCCCNC(=S)N(CCOC)C1CC1. The molecule has 0 amide bonds. The van der Waals surface area contributed by atoms with E-state index in [0.717, 1.165) is 44.4 Å². The third-order valence-electron chi connectivity index (χ3n) is 2.73. The lowest BCUT2D eigenvalue weighted by atomic mass is 10.4. The van der Waals surface area contributed by atoms with Crippen molar-refractivity contribution in [2.45, 2.75) is 32.2 Å². The van der Waals surface area contributed by atoms with E-state index in [1.807, 2.05) is 6.92 Å². The van der Waals surface area contributed by atoms with Crippen molar-refractivity contribution in [3.63, 3.8) is 0 Å². The molecule has 0 aromatic carbocycles. The maximum Gasteiger partial charge on any atom is 0.169 e. The molecule has 0 unspecified atom stereocenters. The van der Waals surface area contributed by atoms with E-state index in [1.54, 1.807) is 7.11 Å². The maximum atomic E-state index is 5.40. The highest BCUT2D eigenvalue weighted by Gasteiger charge is 2.30. The third kappa shape index (κ3) is 6.19. The Morgan fingerprint density at radius 1 is 1.41 bits per heavy atom. The summed E-state index contributed by atoms with van der Waals surface area (Å²) < 4.78 is 10.4. The van der Waals surface area contributed by atoms with Crippen LogP contribution in [0.3, 0.4) is 0 Å². The van der Waals surface area contributed by atoms with Gasteiger partial charge in [-0.3, -0.25) is 0 Å². The normalized spacial score (nSPS) is 14.7. The number of thiocarbonyl (C=S) groups is 1. The number of ether oxygens (including phenoxy) is 2. The molecular weight excluding hydrogens is 236 g/mol. The van der Waals surface area contributed by atoms with Crippen molar-refractivity contribution in [2.24, 2.45) is 0 Å². The lowest BCUT2D eigenvalue weighted by molar-refractivity contribution is 0.145. The third-order valence-corrected chi connectivity index (χ3v) is 3.11. The molecule has 17 heavy (non-hydrogen) atoms. The van der Waals surface area contributed by atoms with Crippen molar-refractivity contribution in [1.82, 2.24) is 10.2 Å². The van der Waals surface area contributed by atoms with Crippen LogP contribution in [0.2, 0.25) is 0 Å². The molecule has 0 atom stereocenters. The van der Waals surface area contributed by atoms with Crippen LogP contribution >= 0.6 is 12.2 Å². The van der Waals surface area contributed by atoms with Gasteiger partial charge in [-0.05, 0) is 38.4 Å². The molecule has 5 heteroatoms. The van der Waals surface area contributed by atoms with Crippen molar-refractivity contribution in [3.8, 4) is 0 Å². The predicted octanol–water partition coefficient (Wildman–Crippen LogP) is 1.40. The molecule has 4 nitrogen and oxygen atoms in total. The van der Waals surface area contributed by atoms with Gasteiger partial charge < -0.3 is 19.7 Å². The fourth-order valence-electron chi connectivity index (χ4n) is 1.64. The fraction of sp³-hybridized carbons (Fsp3) is 0.917. The van der Waals surface area contributed by atoms with Crippen LogP contribution in [0.1, 0.15) is 26.2 Å². The van der Waals surface area contributed by atoms with Gasteiger partial charge in [0.25, 0.3) is 0 Å². The Kier molecular flexibility index (Phi) is 7.48. The monoisotopic (exact) mass is 260 g/mol. The largest absolute Gasteiger partial charge is 0.383 e. The van der Waals surface area contributed by atoms with Crippen molar-refractivity contribution in [2.75, 3.05) is 40.0 Å². The molecule has 1 aliphatic rings. The van der Waals surface area contributed by atoms with Gasteiger partial charge in [0.15, 0.2) is 5.11 Å². The van der Waals surface area contributed by atoms with Crippen LogP contribution in [0.25, 0.3) is 0 Å². The zero-order valence-electron chi connectivity index (χ0n) is 10.9. The summed E-state index contributed by atoms with van der Waals surface area (Å²) in [6.45, 7) is 6.10. The highest BCUT2D eigenvalue weighted by Crippen LogP contribution is 2.26. The number of nitrogens with one attached hydrogen (secondary N) is 1. The van der Waals surface area contributed by atoms with E-state index < -0.39 is 0 Å². The van der Waals surface area contributed by atoms with Crippen molar-refractivity contribution >= 4 is 17.3 Å². The van der Waals surface area contributed by atoms with Crippen LogP contribution in [-0.4, -0.2) is 56.1 Å². The van der Waals surface area contributed by atoms with E-state index in [0.29, 0.717) is 6.04 Å². The van der Waals surface area contributed by atoms with Gasteiger partial charge in [0.2, 0.25) is 0 Å². The number of hydrogen-bond donors (Lipinski definition) is 1. The second-order valence-corrected chi connectivity index (χ2v) is 4.59. The summed E-state index contributed by atoms with van der Waals surface area (Å²) in [5.41, 5.74) is 0. The Balaban J connectivity index is 2.13. The lowest BCUT2D eigenvalue weighted by Crippen LogP contribution is -2.43. The van der Waals surface area contributed by atoms with Gasteiger partial charge >= 0.3 is 0 Å². The van der Waals surface area contributed by atoms with Crippen LogP contribution < -0.4 is 5.32 Å². The van der Waals surface area contributed by atoms with Gasteiger partial charge in [-0.1, -0.05) is 0 Å². The fourth-order valence-corrected chi connectivity index (χ4v) is 1.98. The second kappa shape index (κ2) is 8.66. The quantitative estimate of drug-likeness (QED) is 0.500. The minimum Gasteiger partial charge on any atom is -0.383 e. The van der Waals surface area contributed by atoms with Crippen molar-refractivity contribution in [1.29, 1.82) is 0 Å². The highest BCUT2D eigenvalue weighted by molar-refractivity contribution is 7.80. The number of rotatable bonds is 9. The average molecular weight is 260 g/mol. The summed E-state index contributed by atoms with van der Waals surface area (Å²) in [7, 11) is 1.73. The van der Waals surface area contributed by atoms with Crippen LogP contribution in [0.4, 0.5) is 0 Å². The standard InChI is InChI=1S/C12H24N2O2S/c1-3-16-9-4-7-13-12(17)14(8-10-15-2)11-5-6-11/h11H,3-10H2,1-2H3,(H,13,17). The smallest absolute Gasteiger partial charge is 0.169 e. The van der Waals surface area contributed by atoms with Gasteiger partial charge in [-0.25, -0.2) is 0 Å². The Morgan fingerprint density at radius 2 is 2.18 bits per heavy atom. The van der Waals surface area contributed by atoms with Gasteiger partial charge in [0, 0.05) is 39.5 Å². The minimum atomic E-state index is 0.636. The molecule has 1 N–H and O–H groups in total. The molecule has 0 bridgehead atoms. The van der Waals surface area contributed by atoms with Crippen LogP contribution in [0, 0.1) is 0 Å². The molecule has 100 valence electrons. The van der Waals surface area contributed by atoms with Crippen LogP contribution in [0.15, 0.2) is 0 Å². The summed E-state index contributed by atoms with van der Waals surface area (Å²) in [5.74, 6) is 0. The van der Waals surface area contributed by atoms with E-state index >= 15 is 0 Å². The maximum absolute atomic E-state index is 5.40. The Hall–Kier alpha value is -0.390. The van der Waals surface area contributed by atoms with Gasteiger partial charge in [0.1, 0.15) is 0 Å². The molecule has 0 spiro atoms. The first-order chi connectivity index (χ1) is 8.29. The molecule has 0 aromatic heterocycles. The van der Waals surface area contributed by atoms with E-state index in [9.17, 15) is 0 Å². The van der Waals surface area contributed by atoms with Gasteiger partial charge in [-0.2, -0.15) is 0 Å². The summed E-state index contributed by atoms with van der Waals surface area (Å²) >= 11 is 5.40. The molecular formula is C12H24N2O2S. The Labute approximate surface area is 110 Å². The van der Waals surface area contributed by atoms with E-state index in [4.69, 9.17) is 21.7 Å².